The molecule has 0 aliphatic carbocycles. The number of hydrogen-bond acceptors (Lipinski definition) is 4. The molecule has 122 valence electrons. The van der Waals surface area contributed by atoms with Crippen LogP contribution in [0.4, 0.5) is 14.5 Å². The number of hydrogen-bond donors (Lipinski definition) is 0. The van der Waals surface area contributed by atoms with Gasteiger partial charge in [0, 0.05) is 36.8 Å². The van der Waals surface area contributed by atoms with Gasteiger partial charge in [0.1, 0.15) is 0 Å². The van der Waals surface area contributed by atoms with Gasteiger partial charge in [-0.2, -0.15) is 0 Å². The van der Waals surface area contributed by atoms with Crippen molar-refractivity contribution < 1.29 is 18.3 Å². The van der Waals surface area contributed by atoms with Crippen LogP contribution in [0.1, 0.15) is 23.7 Å². The highest BCUT2D eigenvalue weighted by atomic mass is 19.3. The van der Waals surface area contributed by atoms with E-state index in [1.165, 1.54) is 7.11 Å². The van der Waals surface area contributed by atoms with Crippen LogP contribution in [-0.4, -0.2) is 37.1 Å². The van der Waals surface area contributed by atoms with Crippen molar-refractivity contribution in [1.82, 2.24) is 4.98 Å². The Morgan fingerprint density at radius 3 is 2.78 bits per heavy atom. The van der Waals surface area contributed by atoms with Gasteiger partial charge in [0.25, 0.3) is 0 Å². The van der Waals surface area contributed by atoms with Gasteiger partial charge in [0.15, 0.2) is 0 Å². The molecule has 0 unspecified atom stereocenters. The van der Waals surface area contributed by atoms with Gasteiger partial charge >= 0.3 is 5.97 Å². The summed E-state index contributed by atoms with van der Waals surface area (Å²) in [5.41, 5.74) is 2.07. The molecular formula is C17H18F2N2O2. The Labute approximate surface area is 133 Å². The minimum atomic E-state index is -2.62. The molecule has 1 saturated heterocycles. The number of anilines is 1. The van der Waals surface area contributed by atoms with E-state index < -0.39 is 11.9 Å². The lowest BCUT2D eigenvalue weighted by molar-refractivity contribution is -0.00733. The first-order chi connectivity index (χ1) is 10.9. The first kappa shape index (κ1) is 15.6. The molecule has 1 aliphatic rings. The zero-order valence-corrected chi connectivity index (χ0v) is 13.1. The van der Waals surface area contributed by atoms with Crippen LogP contribution in [0, 0.1) is 5.92 Å². The third kappa shape index (κ3) is 3.25. The number of esters is 1. The lowest BCUT2D eigenvalue weighted by Crippen LogP contribution is -2.48. The van der Waals surface area contributed by atoms with Crippen LogP contribution in [0.25, 0.3) is 10.9 Å². The molecule has 0 spiro atoms. The number of fused-ring (bicyclic) bond motifs is 1. The van der Waals surface area contributed by atoms with Crippen LogP contribution in [-0.2, 0) is 4.74 Å². The third-order valence-electron chi connectivity index (χ3n) is 4.10. The number of carbonyl (C=O) groups is 1. The minimum Gasteiger partial charge on any atom is -0.465 e. The highest BCUT2D eigenvalue weighted by Crippen LogP contribution is 2.33. The largest absolute Gasteiger partial charge is 0.465 e. The first-order valence-corrected chi connectivity index (χ1v) is 7.47. The molecule has 0 bridgehead atoms. The summed E-state index contributed by atoms with van der Waals surface area (Å²) in [6.07, 6.45) is 1.48. The number of halogens is 2. The molecule has 4 nitrogen and oxygen atoms in total. The van der Waals surface area contributed by atoms with Crippen molar-refractivity contribution in [1.29, 1.82) is 0 Å². The molecular weight excluding hydrogens is 302 g/mol. The summed E-state index contributed by atoms with van der Waals surface area (Å²) in [6.45, 7) is 2.16. The zero-order chi connectivity index (χ0) is 16.6. The summed E-state index contributed by atoms with van der Waals surface area (Å²) in [7, 11) is 1.34. The molecule has 2 heterocycles. The SMILES string of the molecule is COC(=O)c1ccnc2ccc(N3CC(CC(C)(F)F)C3)cc12. The van der Waals surface area contributed by atoms with Crippen molar-refractivity contribution in [2.45, 2.75) is 19.3 Å². The average molecular weight is 320 g/mol. The topological polar surface area (TPSA) is 42.4 Å². The van der Waals surface area contributed by atoms with Crippen LogP contribution < -0.4 is 4.90 Å². The van der Waals surface area contributed by atoms with E-state index in [0.29, 0.717) is 29.6 Å². The molecule has 0 amide bonds. The molecule has 1 aromatic carbocycles. The fourth-order valence-electron chi connectivity index (χ4n) is 3.04. The fourth-order valence-corrected chi connectivity index (χ4v) is 3.04. The van der Waals surface area contributed by atoms with Crippen LogP contribution in [0.5, 0.6) is 0 Å². The second kappa shape index (κ2) is 5.76. The molecule has 3 rings (SSSR count). The Balaban J connectivity index is 1.83. The first-order valence-electron chi connectivity index (χ1n) is 7.47. The van der Waals surface area contributed by atoms with E-state index in [9.17, 15) is 13.6 Å². The van der Waals surface area contributed by atoms with Crippen LogP contribution >= 0.6 is 0 Å². The van der Waals surface area contributed by atoms with E-state index in [1.54, 1.807) is 12.3 Å². The standard InChI is InChI=1S/C17H18F2N2O2/c1-17(18,19)8-11-9-21(10-11)12-3-4-15-14(7-12)13(5-6-20-15)16(22)23-2/h3-7,11H,8-10H2,1-2H3. The third-order valence-corrected chi connectivity index (χ3v) is 4.10. The summed E-state index contributed by atoms with van der Waals surface area (Å²) in [5.74, 6) is -3.04. The molecule has 0 N–H and O–H groups in total. The second-order valence-corrected chi connectivity index (χ2v) is 6.10. The number of aromatic nitrogens is 1. The summed E-state index contributed by atoms with van der Waals surface area (Å²) in [4.78, 5) is 18.1. The molecule has 23 heavy (non-hydrogen) atoms. The highest BCUT2D eigenvalue weighted by molar-refractivity contribution is 6.04. The Bertz CT molecular complexity index is 737. The van der Waals surface area contributed by atoms with E-state index in [-0.39, 0.29) is 12.3 Å². The lowest BCUT2D eigenvalue weighted by atomic mass is 9.92. The maximum absolute atomic E-state index is 13.0. The van der Waals surface area contributed by atoms with Gasteiger partial charge in [-0.3, -0.25) is 4.98 Å². The number of nitrogens with zero attached hydrogens (tertiary/aromatic N) is 2. The average Bonchev–Trinajstić information content (AvgIpc) is 2.47. The normalized spacial score (nSPS) is 15.6. The molecule has 1 fully saturated rings. The van der Waals surface area contributed by atoms with Gasteiger partial charge in [-0.25, -0.2) is 13.6 Å². The van der Waals surface area contributed by atoms with Crippen LogP contribution in [0.2, 0.25) is 0 Å². The quantitative estimate of drug-likeness (QED) is 0.809. The minimum absolute atomic E-state index is 0.000303. The van der Waals surface area contributed by atoms with Crippen LogP contribution in [0.3, 0.4) is 0 Å². The van der Waals surface area contributed by atoms with Gasteiger partial charge in [-0.15, -0.1) is 0 Å². The summed E-state index contributed by atoms with van der Waals surface area (Å²) >= 11 is 0. The van der Waals surface area contributed by atoms with Gasteiger partial charge in [-0.1, -0.05) is 0 Å². The number of rotatable bonds is 4. The molecule has 0 radical (unpaired) electrons. The molecule has 0 saturated carbocycles. The summed E-state index contributed by atoms with van der Waals surface area (Å²) < 4.78 is 30.9. The Kier molecular flexibility index (Phi) is 3.92. The highest BCUT2D eigenvalue weighted by Gasteiger charge is 2.34. The van der Waals surface area contributed by atoms with Crippen molar-refractivity contribution in [3.63, 3.8) is 0 Å². The smallest absolute Gasteiger partial charge is 0.338 e. The van der Waals surface area contributed by atoms with E-state index >= 15 is 0 Å². The van der Waals surface area contributed by atoms with Gasteiger partial charge in [0.2, 0.25) is 5.92 Å². The maximum Gasteiger partial charge on any atom is 0.338 e. The Hall–Kier alpha value is -2.24. The zero-order valence-electron chi connectivity index (χ0n) is 13.1. The number of alkyl halides is 2. The molecule has 2 aromatic rings. The maximum atomic E-state index is 13.0. The number of carbonyl (C=O) groups excluding carboxylic acids is 1. The molecule has 6 heteroatoms. The lowest BCUT2D eigenvalue weighted by Gasteiger charge is -2.42. The summed E-state index contributed by atoms with van der Waals surface area (Å²) in [5, 5.41) is 0.709. The van der Waals surface area contributed by atoms with Crippen LogP contribution in [0.15, 0.2) is 30.5 Å². The van der Waals surface area contributed by atoms with Gasteiger partial charge < -0.3 is 9.64 Å². The summed E-state index contributed by atoms with van der Waals surface area (Å²) in [6, 6.07) is 7.22. The molecule has 0 atom stereocenters. The molecule has 1 aromatic heterocycles. The fraction of sp³-hybridized carbons (Fsp3) is 0.412. The van der Waals surface area contributed by atoms with E-state index in [4.69, 9.17) is 4.74 Å². The predicted octanol–water partition coefficient (Wildman–Crippen LogP) is 3.50. The van der Waals surface area contributed by atoms with E-state index in [2.05, 4.69) is 4.98 Å². The number of ether oxygens (including phenoxy) is 1. The number of methoxy groups -OCH3 is 1. The number of benzene rings is 1. The van der Waals surface area contributed by atoms with Crippen molar-refractivity contribution in [2.75, 3.05) is 25.1 Å². The Morgan fingerprint density at radius 1 is 1.39 bits per heavy atom. The van der Waals surface area contributed by atoms with Crippen molar-refractivity contribution >= 4 is 22.6 Å². The van der Waals surface area contributed by atoms with E-state index in [1.807, 2.05) is 23.1 Å². The Morgan fingerprint density at radius 2 is 2.13 bits per heavy atom. The monoisotopic (exact) mass is 320 g/mol. The van der Waals surface area contributed by atoms with Crippen molar-refractivity contribution in [3.8, 4) is 0 Å². The van der Waals surface area contributed by atoms with Crippen molar-refractivity contribution in [2.24, 2.45) is 5.92 Å². The van der Waals surface area contributed by atoms with E-state index in [0.717, 1.165) is 12.6 Å². The van der Waals surface area contributed by atoms with Gasteiger partial charge in [-0.05, 0) is 37.1 Å². The number of pyridine rings is 1. The molecule has 1 aliphatic heterocycles. The van der Waals surface area contributed by atoms with Crippen molar-refractivity contribution in [3.05, 3.63) is 36.0 Å². The predicted molar refractivity (Wildman–Crippen MR) is 84.0 cm³/mol. The van der Waals surface area contributed by atoms with Gasteiger partial charge in [0.05, 0.1) is 18.2 Å². The second-order valence-electron chi connectivity index (χ2n) is 6.10.